The molecule has 2 unspecified atom stereocenters. The van der Waals surface area contributed by atoms with Crippen molar-refractivity contribution >= 4 is 5.96 Å². The minimum absolute atomic E-state index is 0.106. The third-order valence-corrected chi connectivity index (χ3v) is 5.62. The maximum absolute atomic E-state index is 5.78. The van der Waals surface area contributed by atoms with Crippen LogP contribution in [0.25, 0.3) is 0 Å². The second-order valence-electron chi connectivity index (χ2n) is 7.65. The highest BCUT2D eigenvalue weighted by molar-refractivity contribution is 5.80. The number of aliphatic imine (C=N–C) groups is 1. The summed E-state index contributed by atoms with van der Waals surface area (Å²) in [6.45, 7) is 17.0. The van der Waals surface area contributed by atoms with Crippen molar-refractivity contribution in [1.29, 1.82) is 0 Å². The molecule has 29 heavy (non-hydrogen) atoms. The van der Waals surface area contributed by atoms with Crippen molar-refractivity contribution in [2.24, 2.45) is 4.99 Å². The number of rotatable bonds is 9. The number of hydrogen-bond donors (Lipinski definition) is 2. The van der Waals surface area contributed by atoms with Crippen molar-refractivity contribution < 1.29 is 9.47 Å². The van der Waals surface area contributed by atoms with Crippen LogP contribution in [-0.4, -0.2) is 80.8 Å². The Bertz CT molecular complexity index is 673. The van der Waals surface area contributed by atoms with Gasteiger partial charge in [0.25, 0.3) is 0 Å². The van der Waals surface area contributed by atoms with Crippen molar-refractivity contribution in [2.75, 3.05) is 59.0 Å². The zero-order valence-electron chi connectivity index (χ0n) is 18.4. The molecule has 2 bridgehead atoms. The first-order valence-corrected chi connectivity index (χ1v) is 11.0. The lowest BCUT2D eigenvalue weighted by atomic mass is 10.1. The van der Waals surface area contributed by atoms with E-state index < -0.39 is 0 Å². The number of hydrogen-bond acceptors (Lipinski definition) is 5. The zero-order valence-corrected chi connectivity index (χ0v) is 18.4. The molecule has 3 aliphatic rings. The molecule has 3 fully saturated rings. The Morgan fingerprint density at radius 1 is 1.10 bits per heavy atom. The average Bonchev–Trinajstić information content (AvgIpc) is 2.74. The standard InChI is InChI=1S/C22H37N5O2/c1-5-23-22(24-15-19-16-26-10-12-27(19)13-11-26)25-17(4)18-8-9-20(28-6-2)21(14-18)29-7-3/h8-9,14,17,19H,5-7,10-13,15-16H2,1-4H3,(H2,23,24,25). The summed E-state index contributed by atoms with van der Waals surface area (Å²) in [5.74, 6) is 2.45. The van der Waals surface area contributed by atoms with E-state index in [0.717, 1.165) is 42.7 Å². The Hall–Kier alpha value is -1.99. The molecule has 0 aromatic heterocycles. The van der Waals surface area contributed by atoms with Gasteiger partial charge in [0, 0.05) is 45.3 Å². The van der Waals surface area contributed by atoms with Gasteiger partial charge >= 0.3 is 0 Å². The molecule has 0 saturated carbocycles. The van der Waals surface area contributed by atoms with Crippen molar-refractivity contribution in [1.82, 2.24) is 20.4 Å². The largest absolute Gasteiger partial charge is 0.490 e. The molecule has 2 atom stereocenters. The topological polar surface area (TPSA) is 61.4 Å². The summed E-state index contributed by atoms with van der Waals surface area (Å²) in [6, 6.07) is 6.78. The number of guanidine groups is 1. The normalized spacial score (nSPS) is 24.8. The molecule has 1 aromatic carbocycles. The molecule has 4 rings (SSSR count). The molecule has 3 heterocycles. The van der Waals surface area contributed by atoms with E-state index in [1.807, 2.05) is 19.9 Å². The fourth-order valence-corrected chi connectivity index (χ4v) is 4.04. The van der Waals surface area contributed by atoms with E-state index in [0.29, 0.717) is 19.3 Å². The van der Waals surface area contributed by atoms with E-state index in [1.54, 1.807) is 0 Å². The molecular weight excluding hydrogens is 366 g/mol. The van der Waals surface area contributed by atoms with Crippen molar-refractivity contribution in [2.45, 2.75) is 39.8 Å². The van der Waals surface area contributed by atoms with Crippen LogP contribution in [0.2, 0.25) is 0 Å². The first-order chi connectivity index (χ1) is 14.1. The summed E-state index contributed by atoms with van der Waals surface area (Å²) in [5, 5.41) is 6.94. The Balaban J connectivity index is 1.65. The van der Waals surface area contributed by atoms with Crippen LogP contribution in [0.5, 0.6) is 11.5 Å². The van der Waals surface area contributed by atoms with Gasteiger partial charge in [0.05, 0.1) is 25.8 Å². The first kappa shape index (κ1) is 21.7. The van der Waals surface area contributed by atoms with Crippen LogP contribution in [0.3, 0.4) is 0 Å². The van der Waals surface area contributed by atoms with Crippen LogP contribution in [0.15, 0.2) is 23.2 Å². The van der Waals surface area contributed by atoms with E-state index in [4.69, 9.17) is 14.5 Å². The van der Waals surface area contributed by atoms with Crippen LogP contribution in [0.1, 0.15) is 39.3 Å². The molecule has 7 heteroatoms. The van der Waals surface area contributed by atoms with Crippen LogP contribution in [0, 0.1) is 0 Å². The van der Waals surface area contributed by atoms with Gasteiger partial charge in [0.2, 0.25) is 0 Å². The van der Waals surface area contributed by atoms with Crippen LogP contribution in [-0.2, 0) is 0 Å². The van der Waals surface area contributed by atoms with Gasteiger partial charge in [-0.3, -0.25) is 14.8 Å². The first-order valence-electron chi connectivity index (χ1n) is 11.0. The maximum Gasteiger partial charge on any atom is 0.191 e. The minimum atomic E-state index is 0.106. The van der Waals surface area contributed by atoms with Crippen LogP contribution in [0.4, 0.5) is 0 Å². The molecule has 3 aliphatic heterocycles. The van der Waals surface area contributed by atoms with Gasteiger partial charge in [-0.25, -0.2) is 0 Å². The lowest BCUT2D eigenvalue weighted by molar-refractivity contribution is 0.0174. The Labute approximate surface area is 175 Å². The molecule has 0 spiro atoms. The summed E-state index contributed by atoms with van der Waals surface area (Å²) in [5.41, 5.74) is 1.15. The highest BCUT2D eigenvalue weighted by Gasteiger charge is 2.31. The monoisotopic (exact) mass is 403 g/mol. The summed E-state index contributed by atoms with van der Waals surface area (Å²) in [4.78, 5) is 10.0. The summed E-state index contributed by atoms with van der Waals surface area (Å²) < 4.78 is 11.5. The third-order valence-electron chi connectivity index (χ3n) is 5.62. The molecule has 2 N–H and O–H groups in total. The molecular formula is C22H37N5O2. The summed E-state index contributed by atoms with van der Waals surface area (Å²) >= 11 is 0. The highest BCUT2D eigenvalue weighted by atomic mass is 16.5. The summed E-state index contributed by atoms with van der Waals surface area (Å²) in [6.07, 6.45) is 0. The second-order valence-corrected chi connectivity index (χ2v) is 7.65. The van der Waals surface area contributed by atoms with E-state index in [2.05, 4.69) is 46.4 Å². The molecule has 0 radical (unpaired) electrons. The number of nitrogens with zero attached hydrogens (tertiary/aromatic N) is 3. The van der Waals surface area contributed by atoms with Crippen LogP contribution >= 0.6 is 0 Å². The second kappa shape index (κ2) is 10.7. The number of nitrogens with one attached hydrogen (secondary N) is 2. The molecule has 7 nitrogen and oxygen atoms in total. The van der Waals surface area contributed by atoms with Gasteiger partial charge in [-0.1, -0.05) is 6.07 Å². The van der Waals surface area contributed by atoms with E-state index in [1.165, 1.54) is 26.2 Å². The highest BCUT2D eigenvalue weighted by Crippen LogP contribution is 2.30. The maximum atomic E-state index is 5.78. The molecule has 162 valence electrons. The third kappa shape index (κ3) is 5.76. The van der Waals surface area contributed by atoms with E-state index in [9.17, 15) is 0 Å². The number of ether oxygens (including phenoxy) is 2. The molecule has 3 saturated heterocycles. The quantitative estimate of drug-likeness (QED) is 0.486. The number of fused-ring (bicyclic) bond motifs is 3. The van der Waals surface area contributed by atoms with E-state index in [-0.39, 0.29) is 6.04 Å². The predicted octanol–water partition coefficient (Wildman–Crippen LogP) is 2.10. The van der Waals surface area contributed by atoms with Crippen molar-refractivity contribution in [3.8, 4) is 11.5 Å². The molecule has 1 aromatic rings. The molecule has 0 amide bonds. The van der Waals surface area contributed by atoms with Crippen LogP contribution < -0.4 is 20.1 Å². The van der Waals surface area contributed by atoms with Gasteiger partial charge in [0.15, 0.2) is 17.5 Å². The average molecular weight is 404 g/mol. The number of piperazine rings is 3. The lowest BCUT2D eigenvalue weighted by Crippen LogP contribution is -2.62. The minimum Gasteiger partial charge on any atom is -0.490 e. The van der Waals surface area contributed by atoms with Crippen molar-refractivity contribution in [3.63, 3.8) is 0 Å². The Kier molecular flexibility index (Phi) is 8.00. The smallest absolute Gasteiger partial charge is 0.191 e. The van der Waals surface area contributed by atoms with E-state index >= 15 is 0 Å². The SMILES string of the molecule is CCNC(=NCC1CN2CCN1CC2)NC(C)c1ccc(OCC)c(OCC)c1. The predicted molar refractivity (Wildman–Crippen MR) is 118 cm³/mol. The van der Waals surface area contributed by atoms with Gasteiger partial charge in [0.1, 0.15) is 0 Å². The fourth-order valence-electron chi connectivity index (χ4n) is 4.04. The summed E-state index contributed by atoms with van der Waals surface area (Å²) in [7, 11) is 0. The van der Waals surface area contributed by atoms with Gasteiger partial charge in [-0.2, -0.15) is 0 Å². The number of benzene rings is 1. The lowest BCUT2D eigenvalue weighted by Gasteiger charge is -2.47. The van der Waals surface area contributed by atoms with Gasteiger partial charge in [-0.15, -0.1) is 0 Å². The Morgan fingerprint density at radius 3 is 2.45 bits per heavy atom. The van der Waals surface area contributed by atoms with Gasteiger partial charge in [-0.05, 0) is 45.4 Å². The van der Waals surface area contributed by atoms with Crippen molar-refractivity contribution in [3.05, 3.63) is 23.8 Å². The fraction of sp³-hybridized carbons (Fsp3) is 0.682. The Morgan fingerprint density at radius 2 is 1.83 bits per heavy atom. The van der Waals surface area contributed by atoms with Gasteiger partial charge < -0.3 is 20.1 Å². The zero-order chi connectivity index (χ0) is 20.6. The molecule has 0 aliphatic carbocycles.